The molecule has 14 heavy (non-hydrogen) atoms. The lowest BCUT2D eigenvalue weighted by Gasteiger charge is -2.31. The quantitative estimate of drug-likeness (QED) is 0.691. The Hall–Kier alpha value is -0.0800. The third-order valence-electron chi connectivity index (χ3n) is 3.52. The molecule has 0 aromatic heterocycles. The van der Waals surface area contributed by atoms with E-state index in [0.29, 0.717) is 24.4 Å². The third-order valence-corrected chi connectivity index (χ3v) is 3.52. The van der Waals surface area contributed by atoms with Gasteiger partial charge in [-0.2, -0.15) is 0 Å². The first kappa shape index (κ1) is 13.9. The molecule has 2 N–H and O–H groups in total. The fourth-order valence-corrected chi connectivity index (χ4v) is 1.13. The highest BCUT2D eigenvalue weighted by Gasteiger charge is 2.25. The van der Waals surface area contributed by atoms with Gasteiger partial charge in [-0.15, -0.1) is 0 Å². The van der Waals surface area contributed by atoms with Crippen LogP contribution < -0.4 is 5.32 Å². The van der Waals surface area contributed by atoms with Crippen LogP contribution in [0.5, 0.6) is 0 Å². The van der Waals surface area contributed by atoms with Gasteiger partial charge >= 0.3 is 0 Å². The lowest BCUT2D eigenvalue weighted by molar-refractivity contribution is 0.0108. The van der Waals surface area contributed by atoms with Crippen LogP contribution in [-0.2, 0) is 0 Å². The molecule has 2 heteroatoms. The van der Waals surface area contributed by atoms with Gasteiger partial charge in [0.2, 0.25) is 0 Å². The minimum absolute atomic E-state index is 0.291. The Bertz CT molecular complexity index is 154. The van der Waals surface area contributed by atoms with Crippen LogP contribution in [0.25, 0.3) is 0 Å². The Kier molecular flexibility index (Phi) is 5.68. The molecule has 0 fully saturated rings. The third kappa shape index (κ3) is 4.43. The van der Waals surface area contributed by atoms with Gasteiger partial charge in [-0.05, 0) is 25.7 Å². The van der Waals surface area contributed by atoms with Crippen LogP contribution in [0.4, 0.5) is 0 Å². The van der Waals surface area contributed by atoms with Crippen molar-refractivity contribution in [1.29, 1.82) is 0 Å². The molecule has 0 aromatic rings. The van der Waals surface area contributed by atoms with E-state index in [9.17, 15) is 5.11 Å². The lowest BCUT2D eigenvalue weighted by atomic mass is 9.91. The van der Waals surface area contributed by atoms with Gasteiger partial charge in [-0.25, -0.2) is 0 Å². The lowest BCUT2D eigenvalue weighted by Crippen LogP contribution is -2.46. The highest BCUT2D eigenvalue weighted by atomic mass is 16.3. The summed E-state index contributed by atoms with van der Waals surface area (Å²) in [7, 11) is 0. The van der Waals surface area contributed by atoms with Gasteiger partial charge in [0.25, 0.3) is 0 Å². The molecule has 0 radical (unpaired) electrons. The molecule has 0 aromatic carbocycles. The normalized spacial score (nSPS) is 20.6. The molecule has 0 bridgehead atoms. The van der Waals surface area contributed by atoms with Crippen LogP contribution in [0.3, 0.4) is 0 Å². The van der Waals surface area contributed by atoms with Gasteiger partial charge in [0.15, 0.2) is 0 Å². The van der Waals surface area contributed by atoms with E-state index < -0.39 is 5.60 Å². The van der Waals surface area contributed by atoms with E-state index in [1.54, 1.807) is 0 Å². The standard InChI is InChI=1S/C12H27NO/c1-7-10(4)11(5)13-8-12(6,14)9(2)3/h9-11,13-14H,7-8H2,1-6H3. The first-order valence-corrected chi connectivity index (χ1v) is 5.77. The van der Waals surface area contributed by atoms with E-state index in [1.165, 1.54) is 6.42 Å². The predicted octanol–water partition coefficient (Wildman–Crippen LogP) is 2.42. The van der Waals surface area contributed by atoms with Gasteiger partial charge in [0.1, 0.15) is 0 Å². The fraction of sp³-hybridized carbons (Fsp3) is 1.00. The van der Waals surface area contributed by atoms with E-state index in [-0.39, 0.29) is 0 Å². The Morgan fingerprint density at radius 2 is 1.71 bits per heavy atom. The molecule has 0 saturated carbocycles. The molecular formula is C12H27NO. The minimum atomic E-state index is -0.596. The Morgan fingerprint density at radius 3 is 2.07 bits per heavy atom. The van der Waals surface area contributed by atoms with Crippen LogP contribution in [-0.4, -0.2) is 23.3 Å². The molecule has 86 valence electrons. The van der Waals surface area contributed by atoms with Gasteiger partial charge in [-0.1, -0.05) is 34.1 Å². The second kappa shape index (κ2) is 5.72. The SMILES string of the molecule is CCC(C)C(C)NCC(C)(O)C(C)C. The number of hydrogen-bond acceptors (Lipinski definition) is 2. The van der Waals surface area contributed by atoms with E-state index in [1.807, 2.05) is 6.92 Å². The van der Waals surface area contributed by atoms with Gasteiger partial charge in [0, 0.05) is 12.6 Å². The van der Waals surface area contributed by atoms with E-state index in [4.69, 9.17) is 0 Å². The Balaban J connectivity index is 3.93. The maximum atomic E-state index is 10.0. The summed E-state index contributed by atoms with van der Waals surface area (Å²) in [5.74, 6) is 0.956. The van der Waals surface area contributed by atoms with Gasteiger partial charge < -0.3 is 10.4 Å². The van der Waals surface area contributed by atoms with Crippen LogP contribution in [0, 0.1) is 11.8 Å². The molecule has 0 rings (SSSR count). The maximum absolute atomic E-state index is 10.0. The average molecular weight is 201 g/mol. The van der Waals surface area contributed by atoms with Crippen molar-refractivity contribution in [3.8, 4) is 0 Å². The van der Waals surface area contributed by atoms with Crippen molar-refractivity contribution in [3.05, 3.63) is 0 Å². The zero-order valence-electron chi connectivity index (χ0n) is 10.6. The van der Waals surface area contributed by atoms with Crippen LogP contribution in [0.15, 0.2) is 0 Å². The minimum Gasteiger partial charge on any atom is -0.389 e. The molecular weight excluding hydrogens is 174 g/mol. The second-order valence-electron chi connectivity index (χ2n) is 5.07. The predicted molar refractivity (Wildman–Crippen MR) is 62.4 cm³/mol. The molecule has 0 aliphatic carbocycles. The van der Waals surface area contributed by atoms with E-state index in [0.717, 1.165) is 0 Å². The first-order chi connectivity index (χ1) is 6.31. The summed E-state index contributed by atoms with van der Waals surface area (Å²) < 4.78 is 0. The molecule has 0 saturated heterocycles. The first-order valence-electron chi connectivity index (χ1n) is 5.77. The number of nitrogens with one attached hydrogen (secondary N) is 1. The smallest absolute Gasteiger partial charge is 0.0766 e. The van der Waals surface area contributed by atoms with Gasteiger partial charge in [-0.3, -0.25) is 0 Å². The van der Waals surface area contributed by atoms with Crippen molar-refractivity contribution in [2.75, 3.05) is 6.54 Å². The molecule has 2 nitrogen and oxygen atoms in total. The summed E-state index contributed by atoms with van der Waals surface area (Å²) >= 11 is 0. The summed E-state index contributed by atoms with van der Waals surface area (Å²) in [5, 5.41) is 13.4. The fourth-order valence-electron chi connectivity index (χ4n) is 1.13. The number of hydrogen-bond donors (Lipinski definition) is 2. The molecule has 0 spiro atoms. The summed E-state index contributed by atoms with van der Waals surface area (Å²) in [4.78, 5) is 0. The van der Waals surface area contributed by atoms with Crippen LogP contribution in [0.2, 0.25) is 0 Å². The molecule has 3 unspecified atom stereocenters. The Labute approximate surface area is 89.1 Å². The van der Waals surface area contributed by atoms with Crippen molar-refractivity contribution in [2.24, 2.45) is 11.8 Å². The highest BCUT2D eigenvalue weighted by Crippen LogP contribution is 2.16. The Morgan fingerprint density at radius 1 is 1.21 bits per heavy atom. The zero-order chi connectivity index (χ0) is 11.4. The summed E-state index contributed by atoms with van der Waals surface area (Å²) in [5.41, 5.74) is -0.596. The second-order valence-corrected chi connectivity index (χ2v) is 5.07. The summed E-state index contributed by atoms with van der Waals surface area (Å²) in [6, 6.07) is 0.477. The summed E-state index contributed by atoms with van der Waals surface area (Å²) in [6.45, 7) is 13.3. The number of aliphatic hydroxyl groups is 1. The maximum Gasteiger partial charge on any atom is 0.0766 e. The molecule has 0 amide bonds. The topological polar surface area (TPSA) is 32.3 Å². The number of rotatable bonds is 6. The van der Waals surface area contributed by atoms with Crippen molar-refractivity contribution in [2.45, 2.75) is 59.6 Å². The monoisotopic (exact) mass is 201 g/mol. The molecule has 0 heterocycles. The molecule has 3 atom stereocenters. The molecule has 0 aliphatic rings. The van der Waals surface area contributed by atoms with Crippen molar-refractivity contribution < 1.29 is 5.11 Å². The van der Waals surface area contributed by atoms with Crippen LogP contribution in [0.1, 0.15) is 48.0 Å². The zero-order valence-corrected chi connectivity index (χ0v) is 10.6. The average Bonchev–Trinajstić information content (AvgIpc) is 2.12. The van der Waals surface area contributed by atoms with Crippen molar-refractivity contribution in [3.63, 3.8) is 0 Å². The molecule has 0 aliphatic heterocycles. The summed E-state index contributed by atoms with van der Waals surface area (Å²) in [6.07, 6.45) is 1.18. The van der Waals surface area contributed by atoms with Crippen molar-refractivity contribution in [1.82, 2.24) is 5.32 Å². The van der Waals surface area contributed by atoms with E-state index >= 15 is 0 Å². The largest absolute Gasteiger partial charge is 0.389 e. The van der Waals surface area contributed by atoms with Crippen LogP contribution >= 0.6 is 0 Å². The highest BCUT2D eigenvalue weighted by molar-refractivity contribution is 4.81. The van der Waals surface area contributed by atoms with E-state index in [2.05, 4.69) is 39.9 Å². The van der Waals surface area contributed by atoms with Gasteiger partial charge in [0.05, 0.1) is 5.60 Å². The van der Waals surface area contributed by atoms with Crippen molar-refractivity contribution >= 4 is 0 Å².